The van der Waals surface area contributed by atoms with E-state index < -0.39 is 7.14 Å². The third-order valence-electron chi connectivity index (χ3n) is 3.59. The number of nitrogens with zero attached hydrogens (tertiary/aromatic N) is 2. The number of benzene rings is 2. The monoisotopic (exact) mass is 308 g/mol. The molecule has 0 saturated heterocycles. The van der Waals surface area contributed by atoms with Crippen LogP contribution in [0.15, 0.2) is 66.9 Å². The molecule has 2 aromatic carbocycles. The molecule has 0 aliphatic heterocycles. The maximum atomic E-state index is 14.1. The molecule has 3 rings (SSSR count). The van der Waals surface area contributed by atoms with E-state index in [4.69, 9.17) is 0 Å². The van der Waals surface area contributed by atoms with Crippen molar-refractivity contribution in [2.24, 2.45) is 0 Å². The maximum Gasteiger partial charge on any atom is 0.190 e. The third kappa shape index (κ3) is 2.49. The molecule has 0 aliphatic carbocycles. The highest BCUT2D eigenvalue weighted by molar-refractivity contribution is 7.85. The van der Waals surface area contributed by atoms with Crippen molar-refractivity contribution in [3.8, 4) is 0 Å². The zero-order chi connectivity index (χ0) is 15.6. The van der Waals surface area contributed by atoms with Crippen molar-refractivity contribution in [3.05, 3.63) is 78.2 Å². The molecule has 0 amide bonds. The van der Waals surface area contributed by atoms with Gasteiger partial charge in [-0.25, -0.2) is 4.98 Å². The van der Waals surface area contributed by atoms with Gasteiger partial charge in [0.2, 0.25) is 0 Å². The second kappa shape index (κ2) is 5.86. The summed E-state index contributed by atoms with van der Waals surface area (Å²) in [5.74, 6) is 0. The summed E-state index contributed by atoms with van der Waals surface area (Å²) in [6.07, 6.45) is 1.71. The second-order valence-corrected chi connectivity index (χ2v) is 7.88. The van der Waals surface area contributed by atoms with Gasteiger partial charge in [-0.2, -0.15) is 0 Å². The predicted molar refractivity (Wildman–Crippen MR) is 90.9 cm³/mol. The average Bonchev–Trinajstić information content (AvgIpc) is 2.58. The fourth-order valence-corrected chi connectivity index (χ4v) is 5.28. The first-order valence-corrected chi connectivity index (χ1v) is 8.85. The number of rotatable bonds is 3. The SMILES string of the molecule is Cc1cnc(C)c(P(=O)(c2ccccc2)c2ccccc2)n1. The van der Waals surface area contributed by atoms with E-state index in [-0.39, 0.29) is 0 Å². The molecular weight excluding hydrogens is 291 g/mol. The minimum absolute atomic E-state index is 0.574. The molecule has 0 spiro atoms. The Morgan fingerprint density at radius 3 is 1.82 bits per heavy atom. The van der Waals surface area contributed by atoms with Gasteiger partial charge in [-0.15, -0.1) is 0 Å². The van der Waals surface area contributed by atoms with Crippen molar-refractivity contribution in [3.63, 3.8) is 0 Å². The smallest absolute Gasteiger partial charge is 0.190 e. The van der Waals surface area contributed by atoms with Gasteiger partial charge in [0.25, 0.3) is 0 Å². The summed E-state index contributed by atoms with van der Waals surface area (Å²) < 4.78 is 14.1. The van der Waals surface area contributed by atoms with Crippen LogP contribution in [0.3, 0.4) is 0 Å². The number of aromatic nitrogens is 2. The largest absolute Gasteiger partial charge is 0.307 e. The van der Waals surface area contributed by atoms with Crippen molar-refractivity contribution in [1.82, 2.24) is 9.97 Å². The van der Waals surface area contributed by atoms with Gasteiger partial charge in [-0.05, 0) is 13.8 Å². The molecule has 22 heavy (non-hydrogen) atoms. The Hall–Kier alpha value is -2.25. The Morgan fingerprint density at radius 1 is 0.818 bits per heavy atom. The molecule has 0 atom stereocenters. The molecule has 0 radical (unpaired) electrons. The zero-order valence-corrected chi connectivity index (χ0v) is 13.5. The van der Waals surface area contributed by atoms with E-state index in [2.05, 4.69) is 9.97 Å². The van der Waals surface area contributed by atoms with Crippen LogP contribution >= 0.6 is 7.14 Å². The Morgan fingerprint density at radius 2 is 1.32 bits per heavy atom. The number of aryl methyl sites for hydroxylation is 2. The summed E-state index contributed by atoms with van der Waals surface area (Å²) in [5, 5.41) is 1.56. The van der Waals surface area contributed by atoms with Crippen LogP contribution in [0.4, 0.5) is 0 Å². The van der Waals surface area contributed by atoms with Crippen molar-refractivity contribution >= 4 is 23.2 Å². The standard InChI is InChI=1S/C18H17N2OP/c1-14-13-19-15(2)18(20-14)22(21,16-9-5-3-6-10-16)17-11-7-4-8-12-17/h3-13H,1-2H3. The Balaban J connectivity index is 2.34. The van der Waals surface area contributed by atoms with Crippen LogP contribution < -0.4 is 16.0 Å². The van der Waals surface area contributed by atoms with Crippen LogP contribution in [-0.4, -0.2) is 9.97 Å². The third-order valence-corrected chi connectivity index (χ3v) is 6.66. The Labute approximate surface area is 130 Å². The molecule has 1 heterocycles. The highest BCUT2D eigenvalue weighted by Crippen LogP contribution is 2.42. The van der Waals surface area contributed by atoms with E-state index >= 15 is 0 Å². The van der Waals surface area contributed by atoms with E-state index in [1.165, 1.54) is 0 Å². The van der Waals surface area contributed by atoms with Crippen LogP contribution in [0.2, 0.25) is 0 Å². The lowest BCUT2D eigenvalue weighted by atomic mass is 10.4. The fourth-order valence-electron chi connectivity index (χ4n) is 2.49. The summed E-state index contributed by atoms with van der Waals surface area (Å²) in [6, 6.07) is 19.1. The minimum Gasteiger partial charge on any atom is -0.307 e. The van der Waals surface area contributed by atoms with E-state index in [0.29, 0.717) is 11.1 Å². The average molecular weight is 308 g/mol. The summed E-state index contributed by atoms with van der Waals surface area (Å²) in [4.78, 5) is 8.93. The van der Waals surface area contributed by atoms with Crippen LogP contribution in [0, 0.1) is 13.8 Å². The lowest BCUT2D eigenvalue weighted by Gasteiger charge is -2.20. The lowest BCUT2D eigenvalue weighted by molar-refractivity contribution is 0.591. The Kier molecular flexibility index (Phi) is 3.91. The van der Waals surface area contributed by atoms with Gasteiger partial charge in [-0.1, -0.05) is 60.7 Å². The van der Waals surface area contributed by atoms with Crippen LogP contribution in [0.25, 0.3) is 0 Å². The number of hydrogen-bond donors (Lipinski definition) is 0. The van der Waals surface area contributed by atoms with E-state index in [0.717, 1.165) is 16.3 Å². The number of hydrogen-bond acceptors (Lipinski definition) is 3. The highest BCUT2D eigenvalue weighted by Gasteiger charge is 2.33. The van der Waals surface area contributed by atoms with Gasteiger partial charge < -0.3 is 4.57 Å². The van der Waals surface area contributed by atoms with Crippen LogP contribution in [0.1, 0.15) is 11.4 Å². The molecule has 0 saturated carbocycles. The van der Waals surface area contributed by atoms with E-state index in [1.54, 1.807) is 6.20 Å². The first-order chi connectivity index (χ1) is 10.6. The van der Waals surface area contributed by atoms with Crippen molar-refractivity contribution in [1.29, 1.82) is 0 Å². The summed E-state index contributed by atoms with van der Waals surface area (Å²) >= 11 is 0. The van der Waals surface area contributed by atoms with Gasteiger partial charge in [-0.3, -0.25) is 4.98 Å². The van der Waals surface area contributed by atoms with Gasteiger partial charge in [0.05, 0.1) is 11.4 Å². The molecule has 0 fully saturated rings. The van der Waals surface area contributed by atoms with Crippen LogP contribution in [0.5, 0.6) is 0 Å². The van der Waals surface area contributed by atoms with E-state index in [9.17, 15) is 4.57 Å². The molecule has 0 N–H and O–H groups in total. The van der Waals surface area contributed by atoms with Crippen molar-refractivity contribution in [2.75, 3.05) is 0 Å². The zero-order valence-electron chi connectivity index (χ0n) is 12.6. The van der Waals surface area contributed by atoms with Gasteiger partial charge in [0.15, 0.2) is 7.14 Å². The van der Waals surface area contributed by atoms with Crippen molar-refractivity contribution < 1.29 is 4.57 Å². The molecule has 0 aliphatic rings. The van der Waals surface area contributed by atoms with E-state index in [1.807, 2.05) is 74.5 Å². The molecule has 1 aromatic heterocycles. The molecule has 3 aromatic rings. The normalized spacial score (nSPS) is 11.4. The molecule has 3 nitrogen and oxygen atoms in total. The predicted octanol–water partition coefficient (Wildman–Crippen LogP) is 2.73. The minimum atomic E-state index is -3.01. The van der Waals surface area contributed by atoms with Gasteiger partial charge >= 0.3 is 0 Å². The quantitative estimate of drug-likeness (QED) is 0.699. The second-order valence-electron chi connectivity index (χ2n) is 5.20. The first kappa shape index (κ1) is 14.7. The topological polar surface area (TPSA) is 42.9 Å². The molecule has 0 unspecified atom stereocenters. The molecule has 110 valence electrons. The van der Waals surface area contributed by atoms with Crippen LogP contribution in [-0.2, 0) is 4.57 Å². The lowest BCUT2D eigenvalue weighted by Crippen LogP contribution is -2.29. The maximum absolute atomic E-state index is 14.1. The first-order valence-electron chi connectivity index (χ1n) is 7.14. The molecule has 4 heteroatoms. The molecular formula is C18H17N2OP. The summed E-state index contributed by atoms with van der Waals surface area (Å²) in [7, 11) is -3.01. The summed E-state index contributed by atoms with van der Waals surface area (Å²) in [5.41, 5.74) is 2.05. The Bertz CT molecular complexity index is 789. The van der Waals surface area contributed by atoms with Gasteiger partial charge in [0, 0.05) is 16.8 Å². The molecule has 0 bridgehead atoms. The van der Waals surface area contributed by atoms with Gasteiger partial charge in [0.1, 0.15) is 5.44 Å². The highest BCUT2D eigenvalue weighted by atomic mass is 31.2. The summed E-state index contributed by atoms with van der Waals surface area (Å²) in [6.45, 7) is 3.73. The fraction of sp³-hybridized carbons (Fsp3) is 0.111. The van der Waals surface area contributed by atoms with Crippen molar-refractivity contribution in [2.45, 2.75) is 13.8 Å².